The molecule has 20 heavy (non-hydrogen) atoms. The van der Waals surface area contributed by atoms with Crippen molar-refractivity contribution in [1.82, 2.24) is 5.32 Å². The van der Waals surface area contributed by atoms with Crippen LogP contribution in [0, 0.1) is 0 Å². The maximum absolute atomic E-state index is 11.9. The molecule has 0 unspecified atom stereocenters. The van der Waals surface area contributed by atoms with E-state index in [2.05, 4.69) is 12.2 Å². The van der Waals surface area contributed by atoms with Gasteiger partial charge in [0, 0.05) is 18.7 Å². The molecule has 0 radical (unpaired) electrons. The van der Waals surface area contributed by atoms with E-state index in [0.29, 0.717) is 36.6 Å². The third-order valence-corrected chi connectivity index (χ3v) is 2.80. The molecule has 2 N–H and O–H groups in total. The van der Waals surface area contributed by atoms with Crippen LogP contribution >= 0.6 is 0 Å². The average molecular weight is 281 g/mol. The number of amides is 1. The van der Waals surface area contributed by atoms with E-state index in [0.717, 1.165) is 12.8 Å². The van der Waals surface area contributed by atoms with Gasteiger partial charge in [-0.1, -0.05) is 13.3 Å². The van der Waals surface area contributed by atoms with Crippen LogP contribution in [0.1, 0.15) is 36.5 Å². The Hall–Kier alpha value is -1.75. The maximum Gasteiger partial charge on any atom is 0.251 e. The lowest BCUT2D eigenvalue weighted by molar-refractivity contribution is 0.0950. The van der Waals surface area contributed by atoms with E-state index in [1.54, 1.807) is 25.3 Å². The van der Waals surface area contributed by atoms with Crippen molar-refractivity contribution in [2.24, 2.45) is 0 Å². The molecule has 1 rings (SSSR count). The number of carbonyl (C=O) groups excluding carboxylic acids is 1. The Morgan fingerprint density at radius 2 is 2.10 bits per heavy atom. The van der Waals surface area contributed by atoms with E-state index in [9.17, 15) is 4.79 Å². The molecule has 0 saturated heterocycles. The minimum atomic E-state index is -0.183. The minimum Gasteiger partial charge on any atom is -0.493 e. The molecule has 0 aliphatic rings. The molecule has 0 aliphatic heterocycles. The molecule has 0 fully saturated rings. The lowest BCUT2D eigenvalue weighted by Gasteiger charge is -2.12. The van der Waals surface area contributed by atoms with Gasteiger partial charge < -0.3 is 19.9 Å². The monoisotopic (exact) mass is 281 g/mol. The van der Waals surface area contributed by atoms with Crippen LogP contribution in [0.5, 0.6) is 11.5 Å². The average Bonchev–Trinajstić information content (AvgIpc) is 2.47. The first-order valence-corrected chi connectivity index (χ1v) is 6.92. The number of unbranched alkanes of at least 4 members (excludes halogenated alkanes) is 1. The SMILES string of the molecule is CCCCOc1ccc(C(=O)NCCCO)cc1OC. The predicted molar refractivity (Wildman–Crippen MR) is 77.4 cm³/mol. The Balaban J connectivity index is 2.68. The number of nitrogens with one attached hydrogen (secondary N) is 1. The molecule has 0 aliphatic carbocycles. The molecular weight excluding hydrogens is 258 g/mol. The van der Waals surface area contributed by atoms with Gasteiger partial charge in [0.15, 0.2) is 11.5 Å². The van der Waals surface area contributed by atoms with Gasteiger partial charge in [0.25, 0.3) is 5.91 Å². The van der Waals surface area contributed by atoms with Gasteiger partial charge in [-0.3, -0.25) is 4.79 Å². The van der Waals surface area contributed by atoms with Crippen LogP contribution in [0.3, 0.4) is 0 Å². The summed E-state index contributed by atoms with van der Waals surface area (Å²) in [5.41, 5.74) is 0.516. The Morgan fingerprint density at radius 3 is 2.75 bits per heavy atom. The van der Waals surface area contributed by atoms with Crippen molar-refractivity contribution < 1.29 is 19.4 Å². The fourth-order valence-electron chi connectivity index (χ4n) is 1.64. The van der Waals surface area contributed by atoms with Gasteiger partial charge in [-0.05, 0) is 31.0 Å². The van der Waals surface area contributed by atoms with Crippen LogP contribution in [-0.4, -0.2) is 37.9 Å². The van der Waals surface area contributed by atoms with Gasteiger partial charge in [-0.2, -0.15) is 0 Å². The fourth-order valence-corrected chi connectivity index (χ4v) is 1.64. The largest absolute Gasteiger partial charge is 0.493 e. The topological polar surface area (TPSA) is 67.8 Å². The first kappa shape index (κ1) is 16.3. The lowest BCUT2D eigenvalue weighted by Crippen LogP contribution is -2.25. The van der Waals surface area contributed by atoms with Crippen molar-refractivity contribution in [2.45, 2.75) is 26.2 Å². The fraction of sp³-hybridized carbons (Fsp3) is 0.533. The Bertz CT molecular complexity index is 420. The Labute approximate surface area is 119 Å². The number of aliphatic hydroxyl groups excluding tert-OH is 1. The number of methoxy groups -OCH3 is 1. The van der Waals surface area contributed by atoms with Crippen LogP contribution in [0.4, 0.5) is 0 Å². The van der Waals surface area contributed by atoms with Gasteiger partial charge in [0.05, 0.1) is 13.7 Å². The quantitative estimate of drug-likeness (QED) is 0.679. The van der Waals surface area contributed by atoms with E-state index in [1.807, 2.05) is 0 Å². The molecule has 1 aromatic rings. The summed E-state index contributed by atoms with van der Waals surface area (Å²) in [7, 11) is 1.55. The van der Waals surface area contributed by atoms with Crippen molar-refractivity contribution in [3.8, 4) is 11.5 Å². The zero-order valence-corrected chi connectivity index (χ0v) is 12.1. The van der Waals surface area contributed by atoms with Crippen molar-refractivity contribution in [2.75, 3.05) is 26.9 Å². The van der Waals surface area contributed by atoms with E-state index >= 15 is 0 Å². The number of hydrogen-bond donors (Lipinski definition) is 2. The summed E-state index contributed by atoms with van der Waals surface area (Å²) < 4.78 is 10.9. The van der Waals surface area contributed by atoms with Crippen LogP contribution in [0.15, 0.2) is 18.2 Å². The van der Waals surface area contributed by atoms with Crippen molar-refractivity contribution in [1.29, 1.82) is 0 Å². The van der Waals surface area contributed by atoms with Crippen LogP contribution < -0.4 is 14.8 Å². The lowest BCUT2D eigenvalue weighted by atomic mass is 10.2. The molecule has 0 bridgehead atoms. The highest BCUT2D eigenvalue weighted by Crippen LogP contribution is 2.28. The summed E-state index contributed by atoms with van der Waals surface area (Å²) >= 11 is 0. The standard InChI is InChI=1S/C15H23NO4/c1-3-4-10-20-13-7-6-12(11-14(13)19-2)15(18)16-8-5-9-17/h6-7,11,17H,3-5,8-10H2,1-2H3,(H,16,18). The maximum atomic E-state index is 11.9. The van der Waals surface area contributed by atoms with E-state index in [4.69, 9.17) is 14.6 Å². The van der Waals surface area contributed by atoms with Crippen molar-refractivity contribution in [3.63, 3.8) is 0 Å². The predicted octanol–water partition coefficient (Wildman–Crippen LogP) is 1.99. The van der Waals surface area contributed by atoms with Crippen LogP contribution in [0.25, 0.3) is 0 Å². The summed E-state index contributed by atoms with van der Waals surface area (Å²) in [6.45, 7) is 3.25. The zero-order valence-electron chi connectivity index (χ0n) is 12.1. The molecule has 0 saturated carbocycles. The number of carbonyl (C=O) groups is 1. The molecule has 0 heterocycles. The molecule has 0 spiro atoms. The van der Waals surface area contributed by atoms with Crippen LogP contribution in [-0.2, 0) is 0 Å². The summed E-state index contributed by atoms with van der Waals surface area (Å²) in [5.74, 6) is 1.01. The van der Waals surface area contributed by atoms with Gasteiger partial charge in [0.2, 0.25) is 0 Å². The van der Waals surface area contributed by atoms with Crippen molar-refractivity contribution in [3.05, 3.63) is 23.8 Å². The van der Waals surface area contributed by atoms with Gasteiger partial charge in [-0.25, -0.2) is 0 Å². The highest BCUT2D eigenvalue weighted by molar-refractivity contribution is 5.94. The number of benzene rings is 1. The van der Waals surface area contributed by atoms with E-state index in [1.165, 1.54) is 0 Å². The van der Waals surface area contributed by atoms with Gasteiger partial charge >= 0.3 is 0 Å². The van der Waals surface area contributed by atoms with Crippen molar-refractivity contribution >= 4 is 5.91 Å². The normalized spacial score (nSPS) is 10.2. The molecular formula is C15H23NO4. The molecule has 0 atom stereocenters. The molecule has 1 aromatic carbocycles. The molecule has 0 aromatic heterocycles. The third kappa shape index (κ3) is 5.09. The summed E-state index contributed by atoms with van der Waals surface area (Å²) in [5, 5.41) is 11.4. The second-order valence-corrected chi connectivity index (χ2v) is 4.40. The molecule has 112 valence electrons. The number of hydrogen-bond acceptors (Lipinski definition) is 4. The Morgan fingerprint density at radius 1 is 1.30 bits per heavy atom. The summed E-state index contributed by atoms with van der Waals surface area (Å²) in [6.07, 6.45) is 2.58. The number of rotatable bonds is 9. The first-order chi connectivity index (χ1) is 9.72. The highest BCUT2D eigenvalue weighted by Gasteiger charge is 2.10. The van der Waals surface area contributed by atoms with Gasteiger partial charge in [0.1, 0.15) is 0 Å². The molecule has 5 heteroatoms. The molecule has 1 amide bonds. The zero-order chi connectivity index (χ0) is 14.8. The number of ether oxygens (including phenoxy) is 2. The number of aliphatic hydroxyl groups is 1. The Kier molecular flexibility index (Phi) is 7.50. The van der Waals surface area contributed by atoms with Crippen LogP contribution in [0.2, 0.25) is 0 Å². The van der Waals surface area contributed by atoms with E-state index < -0.39 is 0 Å². The summed E-state index contributed by atoms with van der Waals surface area (Å²) in [6, 6.07) is 5.11. The smallest absolute Gasteiger partial charge is 0.251 e. The summed E-state index contributed by atoms with van der Waals surface area (Å²) in [4.78, 5) is 11.9. The second-order valence-electron chi connectivity index (χ2n) is 4.40. The first-order valence-electron chi connectivity index (χ1n) is 6.92. The van der Waals surface area contributed by atoms with Gasteiger partial charge in [-0.15, -0.1) is 0 Å². The third-order valence-electron chi connectivity index (χ3n) is 2.80. The molecule has 5 nitrogen and oxygen atoms in total. The minimum absolute atomic E-state index is 0.0633. The van der Waals surface area contributed by atoms with E-state index in [-0.39, 0.29) is 12.5 Å². The highest BCUT2D eigenvalue weighted by atomic mass is 16.5. The second kappa shape index (κ2) is 9.20.